The third-order valence-corrected chi connectivity index (χ3v) is 12.9. The Balaban J connectivity index is 4.50. The molecule has 0 rings (SSSR count). The number of carbonyl (C=O) groups excluding carboxylic acids is 3. The van der Waals surface area contributed by atoms with Gasteiger partial charge in [0, 0.05) is 19.3 Å². The van der Waals surface area contributed by atoms with E-state index < -0.39 is 6.10 Å². The summed E-state index contributed by atoms with van der Waals surface area (Å²) >= 11 is 0. The molecule has 0 aromatic carbocycles. The van der Waals surface area contributed by atoms with Crippen LogP contribution in [0.5, 0.6) is 0 Å². The first-order chi connectivity index (χ1) is 35.0. The fraction of sp³-hybridized carbons (Fsp3) is 0.738. The smallest absolute Gasteiger partial charge is 0.306 e. The molecule has 408 valence electrons. The van der Waals surface area contributed by atoms with Crippen LogP contribution in [0.25, 0.3) is 0 Å². The van der Waals surface area contributed by atoms with Crippen molar-refractivity contribution in [3.63, 3.8) is 0 Å². The van der Waals surface area contributed by atoms with Gasteiger partial charge in [0.1, 0.15) is 13.2 Å². The van der Waals surface area contributed by atoms with E-state index in [0.717, 1.165) is 83.5 Å². The largest absolute Gasteiger partial charge is 0.462 e. The van der Waals surface area contributed by atoms with E-state index in [1.165, 1.54) is 161 Å². The number of rotatable bonds is 54. The van der Waals surface area contributed by atoms with E-state index in [1.54, 1.807) is 0 Å². The first kappa shape index (κ1) is 67.6. The van der Waals surface area contributed by atoms with Crippen molar-refractivity contribution >= 4 is 17.9 Å². The van der Waals surface area contributed by atoms with Crippen molar-refractivity contribution in [2.75, 3.05) is 13.2 Å². The minimum Gasteiger partial charge on any atom is -0.462 e. The van der Waals surface area contributed by atoms with Gasteiger partial charge >= 0.3 is 17.9 Å². The lowest BCUT2D eigenvalue weighted by Gasteiger charge is -2.18. The summed E-state index contributed by atoms with van der Waals surface area (Å²) in [7, 11) is 0. The molecule has 1 atom stereocenters. The Morgan fingerprint density at radius 2 is 0.521 bits per heavy atom. The summed E-state index contributed by atoms with van der Waals surface area (Å²) in [4.78, 5) is 38.2. The monoisotopic (exact) mass is 989 g/mol. The van der Waals surface area contributed by atoms with Crippen LogP contribution < -0.4 is 0 Å². The molecule has 0 radical (unpaired) electrons. The van der Waals surface area contributed by atoms with Crippen LogP contribution in [0.4, 0.5) is 0 Å². The highest BCUT2D eigenvalue weighted by Gasteiger charge is 2.19. The summed E-state index contributed by atoms with van der Waals surface area (Å²) in [6, 6.07) is 0. The van der Waals surface area contributed by atoms with Crippen molar-refractivity contribution in [2.45, 2.75) is 297 Å². The zero-order valence-electron chi connectivity index (χ0n) is 46.7. The van der Waals surface area contributed by atoms with E-state index in [2.05, 4.69) is 106 Å². The average Bonchev–Trinajstić information content (AvgIpc) is 3.37. The number of hydrogen-bond acceptors (Lipinski definition) is 6. The molecule has 6 nitrogen and oxygen atoms in total. The van der Waals surface area contributed by atoms with Crippen LogP contribution in [0.15, 0.2) is 85.1 Å². The maximum Gasteiger partial charge on any atom is 0.306 e. The molecule has 0 saturated carbocycles. The summed E-state index contributed by atoms with van der Waals surface area (Å²) in [5.41, 5.74) is 0. The maximum absolute atomic E-state index is 12.9. The molecule has 71 heavy (non-hydrogen) atoms. The summed E-state index contributed by atoms with van der Waals surface area (Å²) in [6.07, 6.45) is 77.2. The first-order valence-electron chi connectivity index (χ1n) is 30.1. The van der Waals surface area contributed by atoms with Gasteiger partial charge in [-0.05, 0) is 96.3 Å². The second kappa shape index (κ2) is 59.2. The first-order valence-corrected chi connectivity index (χ1v) is 30.1. The highest BCUT2D eigenvalue weighted by atomic mass is 16.6. The summed E-state index contributed by atoms with van der Waals surface area (Å²) < 4.78 is 16.8. The highest BCUT2D eigenvalue weighted by Crippen LogP contribution is 2.16. The zero-order chi connectivity index (χ0) is 51.4. The van der Waals surface area contributed by atoms with Gasteiger partial charge in [-0.15, -0.1) is 0 Å². The van der Waals surface area contributed by atoms with Crippen molar-refractivity contribution in [3.05, 3.63) is 85.1 Å². The van der Waals surface area contributed by atoms with Crippen molar-refractivity contribution in [1.29, 1.82) is 0 Å². The van der Waals surface area contributed by atoms with Crippen LogP contribution in [0.1, 0.15) is 290 Å². The molecule has 0 aliphatic rings. The SMILES string of the molecule is CCCCC/C=C\C/C=C\C/C=C\C/C=C\CCCCCC(=O)OC[C@H](COC(=O)CCCCCCCCCCCCCCCCCCC)OC(=O)CCC/C=C\C/C=C\C/C=C\CCCCCCCC. The predicted molar refractivity (Wildman–Crippen MR) is 307 cm³/mol. The molecular formula is C65H112O6. The van der Waals surface area contributed by atoms with Crippen LogP contribution >= 0.6 is 0 Å². The summed E-state index contributed by atoms with van der Waals surface area (Å²) in [6.45, 7) is 6.56. The van der Waals surface area contributed by atoms with Gasteiger partial charge in [-0.2, -0.15) is 0 Å². The van der Waals surface area contributed by atoms with E-state index in [-0.39, 0.29) is 37.5 Å². The lowest BCUT2D eigenvalue weighted by atomic mass is 10.0. The second-order valence-electron chi connectivity index (χ2n) is 19.9. The Bertz CT molecular complexity index is 1370. The van der Waals surface area contributed by atoms with Gasteiger partial charge in [-0.3, -0.25) is 14.4 Å². The van der Waals surface area contributed by atoms with Crippen molar-refractivity contribution < 1.29 is 28.6 Å². The lowest BCUT2D eigenvalue weighted by molar-refractivity contribution is -0.167. The molecule has 0 heterocycles. The van der Waals surface area contributed by atoms with Gasteiger partial charge < -0.3 is 14.2 Å². The van der Waals surface area contributed by atoms with E-state index in [9.17, 15) is 14.4 Å². The number of esters is 3. The van der Waals surface area contributed by atoms with Crippen molar-refractivity contribution in [2.24, 2.45) is 0 Å². The zero-order valence-corrected chi connectivity index (χ0v) is 46.7. The fourth-order valence-corrected chi connectivity index (χ4v) is 8.33. The Labute approximate surface area is 439 Å². The Hall–Kier alpha value is -3.41. The van der Waals surface area contributed by atoms with Gasteiger partial charge in [0.05, 0.1) is 0 Å². The molecule has 0 aliphatic heterocycles. The van der Waals surface area contributed by atoms with E-state index in [1.807, 2.05) is 0 Å². The Morgan fingerprint density at radius 1 is 0.282 bits per heavy atom. The number of unbranched alkanes of at least 4 members (excludes halogenated alkanes) is 29. The van der Waals surface area contributed by atoms with Crippen LogP contribution in [0, 0.1) is 0 Å². The molecule has 0 N–H and O–H groups in total. The third kappa shape index (κ3) is 57.4. The molecule has 0 amide bonds. The topological polar surface area (TPSA) is 78.9 Å². The molecular weight excluding hydrogens is 877 g/mol. The molecule has 0 unspecified atom stereocenters. The summed E-state index contributed by atoms with van der Waals surface area (Å²) in [5, 5.41) is 0. The maximum atomic E-state index is 12.9. The van der Waals surface area contributed by atoms with Gasteiger partial charge in [-0.1, -0.05) is 260 Å². The average molecular weight is 990 g/mol. The van der Waals surface area contributed by atoms with E-state index in [4.69, 9.17) is 14.2 Å². The molecule has 0 aromatic rings. The van der Waals surface area contributed by atoms with Crippen molar-refractivity contribution in [1.82, 2.24) is 0 Å². The molecule has 0 fully saturated rings. The second-order valence-corrected chi connectivity index (χ2v) is 19.9. The van der Waals surface area contributed by atoms with Gasteiger partial charge in [0.25, 0.3) is 0 Å². The molecule has 0 bridgehead atoms. The standard InChI is InChI=1S/C65H112O6/c1-4-7-10-13-16-19-22-25-28-31-32-35-37-40-43-46-49-52-55-58-64(67)70-61-62(71-65(68)59-56-53-50-47-44-41-38-34-30-27-24-21-18-15-12-9-6-3)60-69-63(66)57-54-51-48-45-42-39-36-33-29-26-23-20-17-14-11-8-5-2/h16,19,25,27-28,30,32,35,38,40-41,43,47,50,62H,4-15,17-18,20-24,26,29,31,33-34,36-37,39,42,44-46,48-49,51-61H2,1-3H3/b19-16-,28-25-,30-27-,35-32-,41-38-,43-40-,50-47-/t62-/m0/s1. The van der Waals surface area contributed by atoms with Crippen LogP contribution in [0.2, 0.25) is 0 Å². The quantitative estimate of drug-likeness (QED) is 0.0261. The molecule has 0 saturated heterocycles. The minimum absolute atomic E-state index is 0.105. The third-order valence-electron chi connectivity index (χ3n) is 12.9. The molecule has 0 aromatic heterocycles. The normalized spacial score (nSPS) is 12.7. The summed E-state index contributed by atoms with van der Waals surface area (Å²) in [5.74, 6) is -0.981. The fourth-order valence-electron chi connectivity index (χ4n) is 8.33. The van der Waals surface area contributed by atoms with Gasteiger partial charge in [0.15, 0.2) is 6.10 Å². The number of ether oxygens (including phenoxy) is 3. The predicted octanol–water partition coefficient (Wildman–Crippen LogP) is 20.3. The van der Waals surface area contributed by atoms with Gasteiger partial charge in [-0.25, -0.2) is 0 Å². The van der Waals surface area contributed by atoms with Crippen LogP contribution in [-0.2, 0) is 28.6 Å². The highest BCUT2D eigenvalue weighted by molar-refractivity contribution is 5.71. The number of hydrogen-bond donors (Lipinski definition) is 0. The number of allylic oxidation sites excluding steroid dienone is 14. The minimum atomic E-state index is -0.816. The van der Waals surface area contributed by atoms with Crippen LogP contribution in [0.3, 0.4) is 0 Å². The molecule has 0 aliphatic carbocycles. The van der Waals surface area contributed by atoms with E-state index >= 15 is 0 Å². The molecule has 6 heteroatoms. The van der Waals surface area contributed by atoms with Crippen LogP contribution in [-0.4, -0.2) is 37.2 Å². The molecule has 0 spiro atoms. The van der Waals surface area contributed by atoms with Crippen molar-refractivity contribution in [3.8, 4) is 0 Å². The van der Waals surface area contributed by atoms with E-state index in [0.29, 0.717) is 19.3 Å². The Kier molecular flexibility index (Phi) is 56.3. The number of carbonyl (C=O) groups is 3. The lowest BCUT2D eigenvalue weighted by Crippen LogP contribution is -2.30. The Morgan fingerprint density at radius 3 is 0.873 bits per heavy atom. The van der Waals surface area contributed by atoms with Gasteiger partial charge in [0.2, 0.25) is 0 Å².